The summed E-state index contributed by atoms with van der Waals surface area (Å²) in [5.74, 6) is 1.87. The van der Waals surface area contributed by atoms with Gasteiger partial charge in [-0.15, -0.1) is 11.3 Å². The van der Waals surface area contributed by atoms with Crippen molar-refractivity contribution in [2.75, 3.05) is 6.61 Å². The molecule has 1 heterocycles. The van der Waals surface area contributed by atoms with Crippen molar-refractivity contribution in [3.8, 4) is 11.5 Å². The second-order valence-electron chi connectivity index (χ2n) is 8.86. The molecule has 2 aromatic carbocycles. The van der Waals surface area contributed by atoms with Crippen molar-refractivity contribution in [3.63, 3.8) is 0 Å². The number of hydrogen-bond acceptors (Lipinski definition) is 3. The molecule has 0 aliphatic heterocycles. The topological polar surface area (TPSA) is 18.5 Å². The molecule has 2 nitrogen and oxygen atoms in total. The summed E-state index contributed by atoms with van der Waals surface area (Å²) in [6, 6.07) is 7.06. The van der Waals surface area contributed by atoms with Gasteiger partial charge in [-0.05, 0) is 68.7 Å². The highest BCUT2D eigenvalue weighted by Crippen LogP contribution is 2.42. The molecule has 5 heteroatoms. The van der Waals surface area contributed by atoms with Crippen LogP contribution in [0.4, 0.5) is 8.78 Å². The summed E-state index contributed by atoms with van der Waals surface area (Å²) >= 11 is 1.15. The minimum Gasteiger partial charge on any atom is -0.490 e. The van der Waals surface area contributed by atoms with Crippen LogP contribution in [0, 0.1) is 23.5 Å². The summed E-state index contributed by atoms with van der Waals surface area (Å²) < 4.78 is 43.0. The summed E-state index contributed by atoms with van der Waals surface area (Å²) in [5.41, 5.74) is 0. The van der Waals surface area contributed by atoms with E-state index in [1.54, 1.807) is 12.1 Å². The van der Waals surface area contributed by atoms with Gasteiger partial charge in [0.2, 0.25) is 0 Å². The van der Waals surface area contributed by atoms with Gasteiger partial charge in [-0.1, -0.05) is 19.8 Å². The van der Waals surface area contributed by atoms with Gasteiger partial charge < -0.3 is 9.47 Å². The standard InChI is InChI=1S/C25H27F2O2S/c1-15-6-8-16(9-7-15)14-28-20-12-10-18-19-11-13-21(29-17-4-2-3-5-17)23(27)25(19)30-24(18)22(20)26/h10-13,15,17H,2-9,14H2,1H3. The van der Waals surface area contributed by atoms with Crippen LogP contribution < -0.4 is 9.47 Å². The second kappa shape index (κ2) is 8.33. The Morgan fingerprint density at radius 3 is 2.13 bits per heavy atom. The molecule has 0 amide bonds. The molecule has 2 saturated carbocycles. The molecule has 0 saturated heterocycles. The van der Waals surface area contributed by atoms with E-state index in [0.717, 1.165) is 66.6 Å². The summed E-state index contributed by atoms with van der Waals surface area (Å²) in [6.07, 6.45) is 8.76. The third-order valence-corrected chi connectivity index (χ3v) is 7.83. The third-order valence-electron chi connectivity index (χ3n) is 6.63. The predicted octanol–water partition coefficient (Wildman–Crippen LogP) is 7.82. The van der Waals surface area contributed by atoms with Gasteiger partial charge >= 0.3 is 0 Å². The molecule has 1 radical (unpaired) electrons. The smallest absolute Gasteiger partial charge is 0.182 e. The molecular weight excluding hydrogens is 402 g/mol. The van der Waals surface area contributed by atoms with E-state index in [-0.39, 0.29) is 23.4 Å². The molecule has 0 unspecified atom stereocenters. The minimum atomic E-state index is -0.392. The Labute approximate surface area is 180 Å². The second-order valence-corrected chi connectivity index (χ2v) is 9.88. The Kier molecular flexibility index (Phi) is 5.57. The van der Waals surface area contributed by atoms with Gasteiger partial charge in [0, 0.05) is 16.7 Å². The van der Waals surface area contributed by atoms with Gasteiger partial charge in [0.25, 0.3) is 0 Å². The van der Waals surface area contributed by atoms with Gasteiger partial charge in [-0.3, -0.25) is 0 Å². The average Bonchev–Trinajstić information content (AvgIpc) is 3.39. The van der Waals surface area contributed by atoms with Gasteiger partial charge in [0.05, 0.1) is 22.1 Å². The summed E-state index contributed by atoms with van der Waals surface area (Å²) in [5, 5.41) is 1.46. The molecule has 2 aliphatic carbocycles. The molecule has 3 aromatic rings. The molecule has 0 bridgehead atoms. The maximum absolute atomic E-state index is 15.2. The molecule has 1 aromatic heterocycles. The van der Waals surface area contributed by atoms with E-state index in [4.69, 9.17) is 9.47 Å². The molecule has 0 spiro atoms. The van der Waals surface area contributed by atoms with Crippen molar-refractivity contribution in [2.45, 2.75) is 64.4 Å². The lowest BCUT2D eigenvalue weighted by Gasteiger charge is -2.25. The number of ether oxygens (including phenoxy) is 2. The third kappa shape index (κ3) is 3.77. The maximum atomic E-state index is 15.2. The van der Waals surface area contributed by atoms with E-state index < -0.39 is 5.82 Å². The lowest BCUT2D eigenvalue weighted by molar-refractivity contribution is 0.201. The van der Waals surface area contributed by atoms with Crippen LogP contribution in [0.1, 0.15) is 58.3 Å². The van der Waals surface area contributed by atoms with Crippen LogP contribution in [0.25, 0.3) is 20.2 Å². The Bertz CT molecular complexity index is 1050. The number of fused-ring (bicyclic) bond motifs is 3. The first kappa shape index (κ1) is 20.0. The van der Waals surface area contributed by atoms with E-state index >= 15 is 8.78 Å². The van der Waals surface area contributed by atoms with Crippen molar-refractivity contribution in [2.24, 2.45) is 5.92 Å². The number of rotatable bonds is 5. The highest BCUT2D eigenvalue weighted by Gasteiger charge is 2.23. The highest BCUT2D eigenvalue weighted by atomic mass is 32.1. The molecular formula is C25H27F2O2S. The zero-order valence-corrected chi connectivity index (χ0v) is 18.1. The van der Waals surface area contributed by atoms with E-state index in [2.05, 4.69) is 6.92 Å². The largest absolute Gasteiger partial charge is 0.490 e. The van der Waals surface area contributed by atoms with E-state index in [1.807, 2.05) is 12.1 Å². The fourth-order valence-corrected chi connectivity index (χ4v) is 5.85. The first-order valence-electron chi connectivity index (χ1n) is 11.1. The van der Waals surface area contributed by atoms with Crippen LogP contribution in [0.2, 0.25) is 0 Å². The van der Waals surface area contributed by atoms with Gasteiger partial charge in [-0.2, -0.15) is 0 Å². The van der Waals surface area contributed by atoms with E-state index in [9.17, 15) is 0 Å². The van der Waals surface area contributed by atoms with Crippen molar-refractivity contribution < 1.29 is 18.3 Å². The first-order chi connectivity index (χ1) is 14.6. The van der Waals surface area contributed by atoms with Gasteiger partial charge in [0.1, 0.15) is 0 Å². The summed E-state index contributed by atoms with van der Waals surface area (Å²) in [7, 11) is 0. The van der Waals surface area contributed by atoms with Gasteiger partial charge in [-0.25, -0.2) is 8.78 Å². The van der Waals surface area contributed by atoms with Crippen molar-refractivity contribution in [1.29, 1.82) is 0 Å². The average molecular weight is 430 g/mol. The van der Waals surface area contributed by atoms with Gasteiger partial charge in [0.15, 0.2) is 23.1 Å². The molecule has 159 valence electrons. The Balaban J connectivity index is 1.41. The predicted molar refractivity (Wildman–Crippen MR) is 119 cm³/mol. The number of halogens is 2. The Morgan fingerprint density at radius 2 is 1.47 bits per heavy atom. The van der Waals surface area contributed by atoms with E-state index in [1.165, 1.54) is 18.8 Å². The lowest BCUT2D eigenvalue weighted by Crippen LogP contribution is -2.17. The molecule has 2 fully saturated rings. The summed E-state index contributed by atoms with van der Waals surface area (Å²) in [4.78, 5) is 0. The van der Waals surface area contributed by atoms with Crippen LogP contribution in [-0.4, -0.2) is 12.7 Å². The molecule has 5 rings (SSSR count). The van der Waals surface area contributed by atoms with Crippen LogP contribution in [-0.2, 0) is 0 Å². The Morgan fingerprint density at radius 1 is 0.867 bits per heavy atom. The zero-order valence-electron chi connectivity index (χ0n) is 17.3. The number of thiophene rings is 1. The number of hydrogen-bond donors (Lipinski definition) is 0. The quantitative estimate of drug-likeness (QED) is 0.412. The molecule has 30 heavy (non-hydrogen) atoms. The fraction of sp³-hybridized carbons (Fsp3) is 0.480. The normalized spacial score (nSPS) is 19.2. The van der Waals surface area contributed by atoms with Crippen LogP contribution >= 0.6 is 11.3 Å². The maximum Gasteiger partial charge on any atom is 0.182 e. The monoisotopic (exact) mass is 429 g/mol. The molecule has 2 aliphatic rings. The highest BCUT2D eigenvalue weighted by molar-refractivity contribution is 7.25. The molecule has 0 N–H and O–H groups in total. The summed E-state index contributed by atoms with van der Waals surface area (Å²) in [6.45, 7) is 2.74. The molecule has 0 atom stereocenters. The van der Waals surface area contributed by atoms with Crippen molar-refractivity contribution in [1.82, 2.24) is 0 Å². The number of benzene rings is 2. The van der Waals surface area contributed by atoms with Crippen LogP contribution in [0.15, 0.2) is 24.3 Å². The SMILES string of the molecule is CC1CC[C](COc2ccc3c(sc4c(F)c(OC5CCCC5)ccc43)c2F)CC1. The van der Waals surface area contributed by atoms with Crippen LogP contribution in [0.3, 0.4) is 0 Å². The minimum absolute atomic E-state index is 0.0864. The van der Waals surface area contributed by atoms with Crippen LogP contribution in [0.5, 0.6) is 11.5 Å². The van der Waals surface area contributed by atoms with E-state index in [0.29, 0.717) is 16.0 Å². The Hall–Kier alpha value is -1.88. The van der Waals surface area contributed by atoms with Crippen molar-refractivity contribution in [3.05, 3.63) is 41.8 Å². The first-order valence-corrected chi connectivity index (χ1v) is 11.9. The lowest BCUT2D eigenvalue weighted by atomic mass is 9.83. The zero-order chi connectivity index (χ0) is 20.7. The fourth-order valence-electron chi connectivity index (χ4n) is 4.68. The van der Waals surface area contributed by atoms with Crippen molar-refractivity contribution >= 4 is 31.5 Å².